The zero-order valence-electron chi connectivity index (χ0n) is 10.8. The average Bonchev–Trinajstić information content (AvgIpc) is 2.26. The highest BCUT2D eigenvalue weighted by Crippen LogP contribution is 2.21. The summed E-state index contributed by atoms with van der Waals surface area (Å²) in [6, 6.07) is 0. The Morgan fingerprint density at radius 3 is 2.24 bits per heavy atom. The molecule has 0 bridgehead atoms. The predicted octanol–water partition coefficient (Wildman–Crippen LogP) is 1.68. The smallest absolute Gasteiger partial charge is 0.214 e. The minimum atomic E-state index is -3.15. The molecule has 17 heavy (non-hydrogen) atoms. The molecule has 0 aromatic heterocycles. The first-order valence-electron chi connectivity index (χ1n) is 5.92. The highest BCUT2D eigenvalue weighted by atomic mass is 32.2. The third kappa shape index (κ3) is 4.63. The van der Waals surface area contributed by atoms with Crippen molar-refractivity contribution in [1.29, 1.82) is 0 Å². The standard InChI is InChI=1S/C11H22N2O3S/c1-11(2,3)6-9-17(15,16)13-7-4-10(12-14)5-8-13/h14H,4-9H2,1-3H3. The van der Waals surface area contributed by atoms with Gasteiger partial charge in [0.25, 0.3) is 0 Å². The summed E-state index contributed by atoms with van der Waals surface area (Å²) in [4.78, 5) is 0. The highest BCUT2D eigenvalue weighted by molar-refractivity contribution is 7.89. The van der Waals surface area contributed by atoms with Crippen LogP contribution in [-0.4, -0.2) is 42.5 Å². The number of hydrogen-bond donors (Lipinski definition) is 1. The molecule has 0 unspecified atom stereocenters. The Bertz CT molecular complexity index is 372. The molecule has 0 radical (unpaired) electrons. The van der Waals surface area contributed by atoms with Gasteiger partial charge in [-0.3, -0.25) is 0 Å². The predicted molar refractivity (Wildman–Crippen MR) is 67.9 cm³/mol. The number of oxime groups is 1. The van der Waals surface area contributed by atoms with Gasteiger partial charge in [0.2, 0.25) is 10.0 Å². The molecule has 5 nitrogen and oxygen atoms in total. The van der Waals surface area contributed by atoms with Gasteiger partial charge in [0.05, 0.1) is 11.5 Å². The van der Waals surface area contributed by atoms with Crippen LogP contribution in [0.25, 0.3) is 0 Å². The molecule has 1 N–H and O–H groups in total. The molecule has 1 fully saturated rings. The van der Waals surface area contributed by atoms with Gasteiger partial charge in [-0.05, 0) is 11.8 Å². The summed E-state index contributed by atoms with van der Waals surface area (Å²) in [7, 11) is -3.15. The molecule has 0 atom stereocenters. The average molecular weight is 262 g/mol. The lowest BCUT2D eigenvalue weighted by atomic mass is 9.94. The number of hydrogen-bond acceptors (Lipinski definition) is 4. The maximum Gasteiger partial charge on any atom is 0.214 e. The molecule has 1 rings (SSSR count). The van der Waals surface area contributed by atoms with Crippen LogP contribution in [0.3, 0.4) is 0 Å². The van der Waals surface area contributed by atoms with E-state index in [1.807, 2.05) is 20.8 Å². The van der Waals surface area contributed by atoms with E-state index in [0.29, 0.717) is 38.1 Å². The lowest BCUT2D eigenvalue weighted by Gasteiger charge is -2.27. The van der Waals surface area contributed by atoms with Crippen LogP contribution in [0, 0.1) is 5.41 Å². The molecule has 1 aliphatic rings. The van der Waals surface area contributed by atoms with Crippen LogP contribution >= 0.6 is 0 Å². The van der Waals surface area contributed by atoms with E-state index in [1.165, 1.54) is 4.31 Å². The molecule has 0 aromatic rings. The van der Waals surface area contributed by atoms with Gasteiger partial charge in [0.1, 0.15) is 0 Å². The molecule has 1 aliphatic heterocycles. The molecule has 1 saturated heterocycles. The van der Waals surface area contributed by atoms with Crippen molar-refractivity contribution in [3.05, 3.63) is 0 Å². The Kier molecular flexibility index (Phi) is 4.55. The fraction of sp³-hybridized carbons (Fsp3) is 0.909. The third-order valence-corrected chi connectivity index (χ3v) is 4.82. The van der Waals surface area contributed by atoms with Gasteiger partial charge in [-0.25, -0.2) is 12.7 Å². The van der Waals surface area contributed by atoms with Crippen molar-refractivity contribution < 1.29 is 13.6 Å². The van der Waals surface area contributed by atoms with Crippen molar-refractivity contribution in [2.24, 2.45) is 10.6 Å². The zero-order valence-corrected chi connectivity index (χ0v) is 11.6. The number of piperidine rings is 1. The van der Waals surface area contributed by atoms with Gasteiger partial charge in [-0.2, -0.15) is 0 Å². The lowest BCUT2D eigenvalue weighted by Crippen LogP contribution is -2.40. The van der Waals surface area contributed by atoms with Gasteiger partial charge in [-0.15, -0.1) is 0 Å². The summed E-state index contributed by atoms with van der Waals surface area (Å²) >= 11 is 0. The molecular formula is C11H22N2O3S. The topological polar surface area (TPSA) is 70.0 Å². The Labute approximate surface area is 104 Å². The zero-order chi connectivity index (χ0) is 13.1. The summed E-state index contributed by atoms with van der Waals surface area (Å²) in [6.07, 6.45) is 1.73. The summed E-state index contributed by atoms with van der Waals surface area (Å²) in [5.74, 6) is 0.197. The molecular weight excluding hydrogens is 240 g/mol. The first-order valence-corrected chi connectivity index (χ1v) is 7.53. The van der Waals surface area contributed by atoms with Crippen LogP contribution in [0.5, 0.6) is 0 Å². The first-order chi connectivity index (χ1) is 7.74. The van der Waals surface area contributed by atoms with Crippen molar-refractivity contribution in [2.45, 2.75) is 40.0 Å². The highest BCUT2D eigenvalue weighted by Gasteiger charge is 2.27. The molecule has 0 saturated carbocycles. The van der Waals surface area contributed by atoms with E-state index in [4.69, 9.17) is 5.21 Å². The van der Waals surface area contributed by atoms with E-state index >= 15 is 0 Å². The fourth-order valence-electron chi connectivity index (χ4n) is 1.69. The minimum Gasteiger partial charge on any atom is -0.411 e. The van der Waals surface area contributed by atoms with Gasteiger partial charge < -0.3 is 5.21 Å². The van der Waals surface area contributed by atoms with E-state index in [2.05, 4.69) is 5.16 Å². The minimum absolute atomic E-state index is 0.0283. The van der Waals surface area contributed by atoms with E-state index < -0.39 is 10.0 Å². The van der Waals surface area contributed by atoms with Crippen LogP contribution in [0.4, 0.5) is 0 Å². The number of nitrogens with zero attached hydrogens (tertiary/aromatic N) is 2. The number of rotatable bonds is 3. The second-order valence-electron chi connectivity index (χ2n) is 5.69. The van der Waals surface area contributed by atoms with E-state index in [1.54, 1.807) is 0 Å². The second-order valence-corrected chi connectivity index (χ2v) is 7.78. The van der Waals surface area contributed by atoms with Crippen LogP contribution in [0.15, 0.2) is 5.16 Å². The Morgan fingerprint density at radius 1 is 1.29 bits per heavy atom. The van der Waals surface area contributed by atoms with Gasteiger partial charge >= 0.3 is 0 Å². The molecule has 1 heterocycles. The number of sulfonamides is 1. The molecule has 0 amide bonds. The van der Waals surface area contributed by atoms with E-state index in [-0.39, 0.29) is 11.2 Å². The van der Waals surface area contributed by atoms with Gasteiger partial charge in [0.15, 0.2) is 0 Å². The molecule has 0 spiro atoms. The Balaban J connectivity index is 2.55. The van der Waals surface area contributed by atoms with Crippen LogP contribution < -0.4 is 0 Å². The van der Waals surface area contributed by atoms with Crippen LogP contribution in [0.1, 0.15) is 40.0 Å². The molecule has 0 aromatic carbocycles. The summed E-state index contributed by atoms with van der Waals surface area (Å²) < 4.78 is 25.6. The van der Waals surface area contributed by atoms with Crippen molar-refractivity contribution >= 4 is 15.7 Å². The molecule has 6 heteroatoms. The van der Waals surface area contributed by atoms with Gasteiger partial charge in [-0.1, -0.05) is 25.9 Å². The second kappa shape index (κ2) is 5.35. The SMILES string of the molecule is CC(C)(C)CCS(=O)(=O)N1CCC(=NO)CC1. The Hall–Kier alpha value is -0.620. The van der Waals surface area contributed by atoms with E-state index in [0.717, 1.165) is 0 Å². The fourth-order valence-corrected chi connectivity index (χ4v) is 3.55. The molecule has 100 valence electrons. The molecule has 0 aliphatic carbocycles. The van der Waals surface area contributed by atoms with Crippen LogP contribution in [0.2, 0.25) is 0 Å². The monoisotopic (exact) mass is 262 g/mol. The van der Waals surface area contributed by atoms with Crippen molar-refractivity contribution in [2.75, 3.05) is 18.8 Å². The summed E-state index contributed by atoms with van der Waals surface area (Å²) in [5.41, 5.74) is 0.716. The van der Waals surface area contributed by atoms with Crippen LogP contribution in [-0.2, 0) is 10.0 Å². The van der Waals surface area contributed by atoms with Crippen molar-refractivity contribution in [3.63, 3.8) is 0 Å². The lowest BCUT2D eigenvalue weighted by molar-refractivity contribution is 0.309. The first kappa shape index (κ1) is 14.4. The largest absolute Gasteiger partial charge is 0.411 e. The summed E-state index contributed by atoms with van der Waals surface area (Å²) in [5, 5.41) is 11.8. The quantitative estimate of drug-likeness (QED) is 0.621. The van der Waals surface area contributed by atoms with Gasteiger partial charge in [0, 0.05) is 25.9 Å². The van der Waals surface area contributed by atoms with E-state index in [9.17, 15) is 8.42 Å². The normalized spacial score (nSPS) is 19.4. The maximum atomic E-state index is 12.1. The summed E-state index contributed by atoms with van der Waals surface area (Å²) in [6.45, 7) is 6.98. The maximum absolute atomic E-state index is 12.1. The Morgan fingerprint density at radius 2 is 1.82 bits per heavy atom. The van der Waals surface area contributed by atoms with Crippen molar-refractivity contribution in [1.82, 2.24) is 4.31 Å². The third-order valence-electron chi connectivity index (χ3n) is 2.94. The van der Waals surface area contributed by atoms with Crippen molar-refractivity contribution in [3.8, 4) is 0 Å².